The van der Waals surface area contributed by atoms with E-state index in [2.05, 4.69) is 9.84 Å². The topological polar surface area (TPSA) is 47.4 Å². The summed E-state index contributed by atoms with van der Waals surface area (Å²) in [5, 5.41) is 4.31. The van der Waals surface area contributed by atoms with E-state index < -0.39 is 6.36 Å². The van der Waals surface area contributed by atoms with Crippen molar-refractivity contribution < 1.29 is 22.7 Å². The molecule has 0 N–H and O–H groups in total. The van der Waals surface area contributed by atoms with Gasteiger partial charge in [0, 0.05) is 30.0 Å². The Hall–Kier alpha value is -2.51. The number of carbonyl (C=O) groups is 1. The van der Waals surface area contributed by atoms with Gasteiger partial charge in [0.05, 0.1) is 6.04 Å². The van der Waals surface area contributed by atoms with Crippen molar-refractivity contribution in [3.05, 3.63) is 48.3 Å². The zero-order chi connectivity index (χ0) is 18.3. The highest BCUT2D eigenvalue weighted by Crippen LogP contribution is 2.41. The Morgan fingerprint density at radius 3 is 2.27 bits per heavy atom. The summed E-state index contributed by atoms with van der Waals surface area (Å²) in [7, 11) is 0. The third-order valence-electron chi connectivity index (χ3n) is 5.18. The van der Waals surface area contributed by atoms with Gasteiger partial charge in [-0.2, -0.15) is 5.10 Å². The molecule has 0 saturated carbocycles. The fourth-order valence-electron chi connectivity index (χ4n) is 4.14. The minimum absolute atomic E-state index is 0.130. The molecule has 0 spiro atoms. The van der Waals surface area contributed by atoms with Gasteiger partial charge in [-0.3, -0.25) is 9.48 Å². The van der Waals surface area contributed by atoms with Crippen LogP contribution < -0.4 is 4.74 Å². The first-order chi connectivity index (χ1) is 12.4. The summed E-state index contributed by atoms with van der Waals surface area (Å²) in [5.74, 6) is -0.454. The maximum Gasteiger partial charge on any atom is 0.573 e. The average molecular weight is 365 g/mol. The fourth-order valence-corrected chi connectivity index (χ4v) is 4.14. The SMILES string of the molecule is O=C(c1ccc(OC(F)(F)F)cc1)N1C2CCC1CC(n1cccn1)C2. The molecule has 2 fully saturated rings. The van der Waals surface area contributed by atoms with Gasteiger partial charge in [0.25, 0.3) is 5.91 Å². The molecule has 8 heteroatoms. The van der Waals surface area contributed by atoms with Gasteiger partial charge in [0.1, 0.15) is 5.75 Å². The van der Waals surface area contributed by atoms with Crippen LogP contribution in [0.2, 0.25) is 0 Å². The molecule has 0 radical (unpaired) electrons. The third-order valence-corrected chi connectivity index (χ3v) is 5.18. The monoisotopic (exact) mass is 365 g/mol. The molecule has 5 nitrogen and oxygen atoms in total. The van der Waals surface area contributed by atoms with E-state index in [0.29, 0.717) is 5.56 Å². The van der Waals surface area contributed by atoms with Crippen molar-refractivity contribution in [2.24, 2.45) is 0 Å². The Balaban J connectivity index is 1.47. The van der Waals surface area contributed by atoms with Crippen LogP contribution in [-0.4, -0.2) is 39.0 Å². The number of carbonyl (C=O) groups excluding carboxylic acids is 1. The number of nitrogens with zero attached hydrogens (tertiary/aromatic N) is 3. The van der Waals surface area contributed by atoms with Crippen molar-refractivity contribution in [1.82, 2.24) is 14.7 Å². The van der Waals surface area contributed by atoms with E-state index in [1.807, 2.05) is 21.8 Å². The van der Waals surface area contributed by atoms with Gasteiger partial charge in [-0.1, -0.05) is 0 Å². The summed E-state index contributed by atoms with van der Waals surface area (Å²) >= 11 is 0. The van der Waals surface area contributed by atoms with Gasteiger partial charge in [0.15, 0.2) is 0 Å². The Labute approximate surface area is 148 Å². The maximum atomic E-state index is 12.9. The third kappa shape index (κ3) is 3.27. The fraction of sp³-hybridized carbons (Fsp3) is 0.444. The number of piperidine rings is 1. The molecule has 2 aromatic rings. The molecular weight excluding hydrogens is 347 g/mol. The van der Waals surface area contributed by atoms with Crippen LogP contribution in [0.5, 0.6) is 5.75 Å². The number of rotatable bonds is 3. The molecule has 138 valence electrons. The predicted octanol–water partition coefficient (Wildman–Crippen LogP) is 3.79. The summed E-state index contributed by atoms with van der Waals surface area (Å²) < 4.78 is 42.6. The Morgan fingerprint density at radius 2 is 1.73 bits per heavy atom. The zero-order valence-electron chi connectivity index (χ0n) is 13.9. The van der Waals surface area contributed by atoms with Crippen LogP contribution in [0.1, 0.15) is 42.1 Å². The predicted molar refractivity (Wildman–Crippen MR) is 86.6 cm³/mol. The lowest BCUT2D eigenvalue weighted by atomic mass is 9.96. The van der Waals surface area contributed by atoms with Gasteiger partial charge in [-0.05, 0) is 56.0 Å². The zero-order valence-corrected chi connectivity index (χ0v) is 13.9. The van der Waals surface area contributed by atoms with E-state index in [9.17, 15) is 18.0 Å². The molecule has 3 heterocycles. The Morgan fingerprint density at radius 1 is 1.08 bits per heavy atom. The summed E-state index contributed by atoms with van der Waals surface area (Å²) in [4.78, 5) is 14.8. The van der Waals surface area contributed by atoms with Gasteiger partial charge < -0.3 is 9.64 Å². The standard InChI is InChI=1S/C18H18F3N3O2/c19-18(20,21)26-16-6-2-12(3-7-16)17(25)24-13-4-5-14(24)11-15(10-13)23-9-1-8-22-23/h1-3,6-9,13-15H,4-5,10-11H2. The Bertz CT molecular complexity index is 760. The quantitative estimate of drug-likeness (QED) is 0.831. The highest BCUT2D eigenvalue weighted by molar-refractivity contribution is 5.95. The van der Waals surface area contributed by atoms with Crippen LogP contribution in [0.4, 0.5) is 13.2 Å². The largest absolute Gasteiger partial charge is 0.573 e. The minimum atomic E-state index is -4.74. The molecule has 2 aliphatic heterocycles. The molecular formula is C18H18F3N3O2. The van der Waals surface area contributed by atoms with Crippen LogP contribution in [0.15, 0.2) is 42.7 Å². The molecule has 1 aromatic heterocycles. The molecule has 26 heavy (non-hydrogen) atoms. The first-order valence-electron chi connectivity index (χ1n) is 8.58. The highest BCUT2D eigenvalue weighted by atomic mass is 19.4. The molecule has 0 aliphatic carbocycles. The second-order valence-corrected chi connectivity index (χ2v) is 6.78. The Kier molecular flexibility index (Phi) is 4.13. The number of hydrogen-bond acceptors (Lipinski definition) is 3. The van der Waals surface area contributed by atoms with Gasteiger partial charge in [-0.25, -0.2) is 0 Å². The van der Waals surface area contributed by atoms with Gasteiger partial charge in [0.2, 0.25) is 0 Å². The number of halogens is 3. The lowest BCUT2D eigenvalue weighted by Crippen LogP contribution is -2.47. The molecule has 1 aromatic carbocycles. The second kappa shape index (κ2) is 6.34. The van der Waals surface area contributed by atoms with Crippen molar-refractivity contribution >= 4 is 5.91 Å². The van der Waals surface area contributed by atoms with Crippen LogP contribution in [-0.2, 0) is 0 Å². The number of ether oxygens (including phenoxy) is 1. The van der Waals surface area contributed by atoms with E-state index in [1.165, 1.54) is 24.3 Å². The number of fused-ring (bicyclic) bond motifs is 2. The molecule has 2 saturated heterocycles. The van der Waals surface area contributed by atoms with Crippen LogP contribution in [0, 0.1) is 0 Å². The summed E-state index contributed by atoms with van der Waals surface area (Å²) in [5.41, 5.74) is 0.383. The van der Waals surface area contributed by atoms with E-state index >= 15 is 0 Å². The smallest absolute Gasteiger partial charge is 0.406 e. The minimum Gasteiger partial charge on any atom is -0.406 e. The van der Waals surface area contributed by atoms with E-state index in [-0.39, 0.29) is 29.8 Å². The summed E-state index contributed by atoms with van der Waals surface area (Å²) in [6.07, 6.45) is 2.55. The average Bonchev–Trinajstić information content (AvgIpc) is 3.20. The maximum absolute atomic E-state index is 12.9. The number of benzene rings is 1. The van der Waals surface area contributed by atoms with E-state index in [0.717, 1.165) is 25.7 Å². The number of hydrogen-bond donors (Lipinski definition) is 0. The van der Waals surface area contributed by atoms with Crippen LogP contribution >= 0.6 is 0 Å². The molecule has 4 rings (SSSR count). The lowest BCUT2D eigenvalue weighted by Gasteiger charge is -2.39. The molecule has 2 bridgehead atoms. The second-order valence-electron chi connectivity index (χ2n) is 6.78. The normalized spacial score (nSPS) is 25.3. The van der Waals surface area contributed by atoms with Gasteiger partial charge in [-0.15, -0.1) is 13.2 Å². The first-order valence-corrected chi connectivity index (χ1v) is 8.58. The molecule has 2 unspecified atom stereocenters. The molecule has 2 atom stereocenters. The van der Waals surface area contributed by atoms with Crippen molar-refractivity contribution in [1.29, 1.82) is 0 Å². The van der Waals surface area contributed by atoms with Gasteiger partial charge >= 0.3 is 6.36 Å². The number of aromatic nitrogens is 2. The highest BCUT2D eigenvalue weighted by Gasteiger charge is 2.44. The van der Waals surface area contributed by atoms with Crippen molar-refractivity contribution in [3.8, 4) is 5.75 Å². The van der Waals surface area contributed by atoms with E-state index in [4.69, 9.17) is 0 Å². The van der Waals surface area contributed by atoms with Crippen LogP contribution in [0.25, 0.3) is 0 Å². The van der Waals surface area contributed by atoms with Crippen LogP contribution in [0.3, 0.4) is 0 Å². The van der Waals surface area contributed by atoms with E-state index in [1.54, 1.807) is 6.20 Å². The molecule has 1 amide bonds. The van der Waals surface area contributed by atoms with Crippen molar-refractivity contribution in [3.63, 3.8) is 0 Å². The summed E-state index contributed by atoms with van der Waals surface area (Å²) in [6.45, 7) is 0. The number of amides is 1. The molecule has 2 aliphatic rings. The lowest BCUT2D eigenvalue weighted by molar-refractivity contribution is -0.274. The van der Waals surface area contributed by atoms with Crippen molar-refractivity contribution in [2.75, 3.05) is 0 Å². The van der Waals surface area contributed by atoms with Crippen molar-refractivity contribution in [2.45, 2.75) is 50.2 Å². The first kappa shape index (κ1) is 16.9. The summed E-state index contributed by atoms with van der Waals surface area (Å²) in [6, 6.07) is 7.60. The number of alkyl halides is 3.